The minimum Gasteiger partial charge on any atom is -0.457 e. The van der Waals surface area contributed by atoms with Crippen LogP contribution in [0.25, 0.3) is 10.9 Å². The number of carbonyl (C=O) groups is 6. The third-order valence-corrected chi connectivity index (χ3v) is 15.0. The van der Waals surface area contributed by atoms with Crippen molar-refractivity contribution in [2.45, 2.75) is 76.0 Å². The highest BCUT2D eigenvalue weighted by atomic mass is 19.4. The smallest absolute Gasteiger partial charge is 0.457 e. The van der Waals surface area contributed by atoms with E-state index < -0.39 is 41.4 Å². The van der Waals surface area contributed by atoms with E-state index in [1.807, 2.05) is 4.90 Å². The fourth-order valence-electron chi connectivity index (χ4n) is 10.9. The van der Waals surface area contributed by atoms with Crippen molar-refractivity contribution in [3.63, 3.8) is 0 Å². The van der Waals surface area contributed by atoms with Crippen LogP contribution < -0.4 is 35.6 Å². The number of anilines is 4. The molecule has 3 unspecified atom stereocenters. The molecular weight excluding hydrogens is 969 g/mol. The first kappa shape index (κ1) is 48.5. The van der Waals surface area contributed by atoms with E-state index in [2.05, 4.69) is 45.8 Å². The number of ether oxygens (including phenoxy) is 2. The number of alkyl halides is 3. The number of carbonyl (C=O) groups excluding carboxylic acids is 6. The van der Waals surface area contributed by atoms with Crippen LogP contribution >= 0.6 is 0 Å². The Labute approximate surface area is 420 Å². The molecule has 0 spiro atoms. The summed E-state index contributed by atoms with van der Waals surface area (Å²) in [7, 11) is 0. The molecule has 74 heavy (non-hydrogen) atoms. The van der Waals surface area contributed by atoms with Crippen LogP contribution in [0.15, 0.2) is 85.2 Å². The summed E-state index contributed by atoms with van der Waals surface area (Å²) in [5, 5.41) is 10.9. The highest BCUT2D eigenvalue weighted by Gasteiger charge is 2.56. The molecule has 6 amide bonds. The summed E-state index contributed by atoms with van der Waals surface area (Å²) in [4.78, 5) is 93.3. The first-order valence-corrected chi connectivity index (χ1v) is 24.6. The van der Waals surface area contributed by atoms with E-state index in [0.717, 1.165) is 25.8 Å². The number of fused-ring (bicyclic) bond motifs is 4. The maximum Gasteiger partial charge on any atom is 0.573 e. The molecule has 1 aliphatic carbocycles. The second-order valence-corrected chi connectivity index (χ2v) is 19.9. The number of imide groups is 1. The van der Waals surface area contributed by atoms with E-state index in [4.69, 9.17) is 4.74 Å². The Hall–Kier alpha value is -7.72. The minimum absolute atomic E-state index is 0.148. The van der Waals surface area contributed by atoms with Crippen LogP contribution in [-0.2, 0) is 30.5 Å². The molecule has 384 valence electrons. The van der Waals surface area contributed by atoms with Gasteiger partial charge in [0.1, 0.15) is 34.6 Å². The second kappa shape index (κ2) is 19.3. The summed E-state index contributed by atoms with van der Waals surface area (Å²) < 4.78 is 66.1. The van der Waals surface area contributed by atoms with E-state index in [9.17, 15) is 46.3 Å². The average molecular weight is 1020 g/mol. The molecule has 4 N–H and O–H groups in total. The zero-order valence-corrected chi connectivity index (χ0v) is 39.8. The van der Waals surface area contributed by atoms with Crippen LogP contribution in [0.1, 0.15) is 60.9 Å². The summed E-state index contributed by atoms with van der Waals surface area (Å²) in [6.45, 7) is 3.58. The normalized spacial score (nSPS) is 21.6. The van der Waals surface area contributed by atoms with Gasteiger partial charge in [-0.15, -0.1) is 13.2 Å². The van der Waals surface area contributed by atoms with Crippen LogP contribution in [0, 0.1) is 17.2 Å². The number of hydrogen-bond donors (Lipinski definition) is 4. The van der Waals surface area contributed by atoms with Crippen LogP contribution in [0.4, 0.5) is 40.4 Å². The van der Waals surface area contributed by atoms with E-state index >= 15 is 0 Å². The summed E-state index contributed by atoms with van der Waals surface area (Å²) in [5.74, 6) is -2.09. The van der Waals surface area contributed by atoms with Crippen LogP contribution in [0.5, 0.6) is 17.2 Å². The lowest BCUT2D eigenvalue weighted by molar-refractivity contribution is -0.274. The number of nitrogens with zero attached hydrogens (tertiary/aromatic N) is 6. The van der Waals surface area contributed by atoms with Gasteiger partial charge in [-0.2, -0.15) is 0 Å². The number of hydrogen-bond acceptors (Lipinski definition) is 13. The Morgan fingerprint density at radius 2 is 1.51 bits per heavy atom. The Bertz CT molecular complexity index is 3060. The van der Waals surface area contributed by atoms with Gasteiger partial charge in [0.25, 0.3) is 5.91 Å². The van der Waals surface area contributed by atoms with Crippen molar-refractivity contribution in [2.24, 2.45) is 11.3 Å². The van der Waals surface area contributed by atoms with Crippen molar-refractivity contribution in [1.82, 2.24) is 30.0 Å². The molecule has 0 radical (unpaired) electrons. The summed E-state index contributed by atoms with van der Waals surface area (Å²) >= 11 is 0. The zero-order valence-electron chi connectivity index (χ0n) is 39.8. The standard InChI is InChI=1S/C52H50F4N10O8/c53-31-1-3-32(4-2-31)59-49(71)51(14-15-51)50(72)60-33-5-7-36(8-6-33)73-42-11-16-57-39-22-41(43(21-37(39)42)74-52(54,55)56)64-17-12-29(13-18-64)24-65-34-20-35(65)27-63(26-34)28-46(68)61-44-19-30-25-66(48(70)38(30)23-58-44)40-9-10-45(67)62-47(40)69/h1-8,11,16,19,21-23,29,34-35,40H,9-10,12-15,17-18,20,24-28H2,(H,59,71)(H,60,72)(H,58,61,68)(H,62,67,69). The second-order valence-electron chi connectivity index (χ2n) is 19.9. The Morgan fingerprint density at radius 1 is 0.824 bits per heavy atom. The molecule has 22 heteroatoms. The fraction of sp³-hybridized carbons (Fsp3) is 0.385. The summed E-state index contributed by atoms with van der Waals surface area (Å²) in [6, 6.07) is 17.4. The number of benzene rings is 3. The first-order chi connectivity index (χ1) is 35.5. The molecule has 3 atom stereocenters. The number of rotatable bonds is 14. The molecule has 2 aromatic heterocycles. The number of pyridine rings is 2. The van der Waals surface area contributed by atoms with Gasteiger partial charge in [0.05, 0.1) is 23.3 Å². The third kappa shape index (κ3) is 10.0. The van der Waals surface area contributed by atoms with Crippen LogP contribution in [0.2, 0.25) is 0 Å². The molecule has 8 heterocycles. The average Bonchev–Trinajstić information content (AvgIpc) is 4.13. The van der Waals surface area contributed by atoms with Gasteiger partial charge in [-0.3, -0.25) is 48.9 Å². The molecule has 3 aromatic carbocycles. The SMILES string of the molecule is O=C1CCC(N2Cc3cc(NC(=O)CN4CC5CC(C4)N5CC4CCN(c5cc6nccc(Oc7ccc(NC(=O)C8(C(=O)Nc9ccc(F)cc9)CC8)cc7)c6cc5OC(F)(F)F)CC4)ncc3C2=O)C(=O)N1. The first-order valence-electron chi connectivity index (χ1n) is 24.6. The van der Waals surface area contributed by atoms with E-state index in [0.29, 0.717) is 89.9 Å². The van der Waals surface area contributed by atoms with Crippen molar-refractivity contribution in [1.29, 1.82) is 0 Å². The van der Waals surface area contributed by atoms with Gasteiger partial charge in [-0.1, -0.05) is 0 Å². The van der Waals surface area contributed by atoms with Gasteiger partial charge in [-0.25, -0.2) is 9.37 Å². The maximum absolute atomic E-state index is 14.0. The van der Waals surface area contributed by atoms with Gasteiger partial charge < -0.3 is 35.2 Å². The van der Waals surface area contributed by atoms with E-state index in [-0.39, 0.29) is 72.9 Å². The van der Waals surface area contributed by atoms with Crippen LogP contribution in [-0.4, -0.2) is 124 Å². The van der Waals surface area contributed by atoms with Crippen molar-refractivity contribution < 1.29 is 55.8 Å². The number of halogens is 4. The van der Waals surface area contributed by atoms with Gasteiger partial charge in [-0.05, 0) is 123 Å². The van der Waals surface area contributed by atoms with Crippen molar-refractivity contribution in [2.75, 3.05) is 60.1 Å². The lowest BCUT2D eigenvalue weighted by Gasteiger charge is -2.57. The number of piperidine rings is 3. The number of nitrogens with one attached hydrogen (secondary N) is 4. The maximum atomic E-state index is 14.0. The lowest BCUT2D eigenvalue weighted by Crippen LogP contribution is -2.69. The number of piperazine rings is 1. The van der Waals surface area contributed by atoms with E-state index in [1.165, 1.54) is 53.7 Å². The molecule has 6 aliphatic heterocycles. The molecule has 5 saturated heterocycles. The van der Waals surface area contributed by atoms with Crippen molar-refractivity contribution in [3.05, 3.63) is 102 Å². The largest absolute Gasteiger partial charge is 0.573 e. The Kier molecular flexibility index (Phi) is 12.6. The predicted molar refractivity (Wildman–Crippen MR) is 259 cm³/mol. The van der Waals surface area contributed by atoms with Crippen molar-refractivity contribution >= 4 is 69.2 Å². The Morgan fingerprint density at radius 3 is 2.18 bits per heavy atom. The minimum atomic E-state index is -4.97. The topological polar surface area (TPSA) is 208 Å². The molecule has 1 saturated carbocycles. The Balaban J connectivity index is 0.670. The number of amides is 6. The lowest BCUT2D eigenvalue weighted by atomic mass is 9.84. The molecule has 18 nitrogen and oxygen atoms in total. The number of aromatic nitrogens is 2. The fourth-order valence-corrected chi connectivity index (χ4v) is 10.9. The predicted octanol–water partition coefficient (Wildman–Crippen LogP) is 6.19. The molecular formula is C52H50F4N10O8. The molecule has 7 aliphatic rings. The van der Waals surface area contributed by atoms with Crippen LogP contribution in [0.3, 0.4) is 0 Å². The molecule has 6 fully saturated rings. The van der Waals surface area contributed by atoms with Gasteiger partial charge in [0.2, 0.25) is 29.5 Å². The molecule has 5 aromatic rings. The highest BCUT2D eigenvalue weighted by Crippen LogP contribution is 2.48. The van der Waals surface area contributed by atoms with Gasteiger partial charge in [0.15, 0.2) is 5.75 Å². The molecule has 12 rings (SSSR count). The molecule has 2 bridgehead atoms. The monoisotopic (exact) mass is 1020 g/mol. The van der Waals surface area contributed by atoms with E-state index in [1.54, 1.807) is 36.4 Å². The van der Waals surface area contributed by atoms with Crippen molar-refractivity contribution in [3.8, 4) is 17.2 Å². The quantitative estimate of drug-likeness (QED) is 0.0557. The summed E-state index contributed by atoms with van der Waals surface area (Å²) in [6.07, 6.45) is 1.53. The van der Waals surface area contributed by atoms with Gasteiger partial charge in [0, 0.05) is 86.9 Å². The van der Waals surface area contributed by atoms with Gasteiger partial charge >= 0.3 is 6.36 Å². The third-order valence-electron chi connectivity index (χ3n) is 15.0. The zero-order chi connectivity index (χ0) is 51.5. The highest BCUT2D eigenvalue weighted by molar-refractivity contribution is 6.17. The summed E-state index contributed by atoms with van der Waals surface area (Å²) in [5.41, 5.74) is 1.16.